The number of para-hydroxylation sites is 1. The van der Waals surface area contributed by atoms with Crippen molar-refractivity contribution in [3.05, 3.63) is 107 Å². The summed E-state index contributed by atoms with van der Waals surface area (Å²) in [7, 11) is 0. The molecule has 2 aliphatic heterocycles. The zero-order chi connectivity index (χ0) is 31.5. The van der Waals surface area contributed by atoms with Gasteiger partial charge in [0.25, 0.3) is 0 Å². The number of hydrogen-bond acceptors (Lipinski definition) is 4. The van der Waals surface area contributed by atoms with E-state index in [1.807, 2.05) is 18.2 Å². The number of rotatable bonds is 9. The molecule has 0 aromatic heterocycles. The van der Waals surface area contributed by atoms with E-state index in [0.29, 0.717) is 0 Å². The Kier molecular flexibility index (Phi) is 12.0. The topological polar surface area (TPSA) is 50.8 Å². The number of aliphatic imine (C=N–C) groups is 1. The molecule has 2 saturated heterocycles. The molecule has 44 heavy (non-hydrogen) atoms. The van der Waals surface area contributed by atoms with Gasteiger partial charge in [-0.05, 0) is 101 Å². The van der Waals surface area contributed by atoms with E-state index in [2.05, 4.69) is 101 Å². The van der Waals surface area contributed by atoms with Gasteiger partial charge in [0.05, 0.1) is 5.60 Å². The Hall–Kier alpha value is -3.63. The molecule has 0 bridgehead atoms. The number of ether oxygens (including phenoxy) is 1. The maximum Gasteiger partial charge on any atom is 0.0717 e. The lowest BCUT2D eigenvalue weighted by molar-refractivity contribution is -0.0146. The number of nitrogens with two attached hydrogens (primary N) is 1. The Bertz CT molecular complexity index is 1420. The minimum atomic E-state index is 0.237. The number of hydrogen-bond donors (Lipinski definition) is 1. The van der Waals surface area contributed by atoms with Crippen LogP contribution in [0.25, 0.3) is 11.1 Å². The third-order valence-electron chi connectivity index (χ3n) is 9.05. The average Bonchev–Trinajstić information content (AvgIpc) is 3.49. The quantitative estimate of drug-likeness (QED) is 0.153. The molecule has 0 atom stereocenters. The molecule has 2 fully saturated rings. The molecule has 3 aromatic carbocycles. The Morgan fingerprint density at radius 1 is 0.932 bits per heavy atom. The maximum atomic E-state index is 6.11. The summed E-state index contributed by atoms with van der Waals surface area (Å²) in [5.74, 6) is 0. The molecule has 0 amide bonds. The first-order valence-electron chi connectivity index (χ1n) is 16.5. The maximum absolute atomic E-state index is 6.11. The van der Waals surface area contributed by atoms with Gasteiger partial charge < -0.3 is 15.4 Å². The van der Waals surface area contributed by atoms with Gasteiger partial charge in [0, 0.05) is 48.0 Å². The largest absolute Gasteiger partial charge is 0.398 e. The monoisotopic (exact) mass is 591 g/mol. The van der Waals surface area contributed by atoms with E-state index >= 15 is 0 Å². The summed E-state index contributed by atoms with van der Waals surface area (Å²) in [4.78, 5) is 7.39. The number of benzene rings is 3. The lowest BCUT2D eigenvalue weighted by atomic mass is 9.88. The summed E-state index contributed by atoms with van der Waals surface area (Å²) in [6.45, 7) is 18.2. The van der Waals surface area contributed by atoms with E-state index in [9.17, 15) is 0 Å². The molecular formula is C40H53N3O. The first-order valence-corrected chi connectivity index (χ1v) is 16.5. The fourth-order valence-electron chi connectivity index (χ4n) is 6.16. The average molecular weight is 592 g/mol. The summed E-state index contributed by atoms with van der Waals surface area (Å²) >= 11 is 0. The van der Waals surface area contributed by atoms with Crippen LogP contribution in [0.5, 0.6) is 0 Å². The first kappa shape index (κ1) is 33.3. The zero-order valence-corrected chi connectivity index (χ0v) is 27.8. The SMILES string of the molecule is C=C(C)/C(Cc1ccc(-c2ccccc2N)cc1)=C(/CCC)N=C(C)CC.Cc1ccc(N2CCC3(CCCO3)CC2)cc1. The van der Waals surface area contributed by atoms with Gasteiger partial charge in [0.2, 0.25) is 0 Å². The van der Waals surface area contributed by atoms with Crippen molar-refractivity contribution in [2.75, 3.05) is 30.3 Å². The van der Waals surface area contributed by atoms with E-state index in [4.69, 9.17) is 15.5 Å². The number of aryl methyl sites for hydroxylation is 1. The number of nitrogen functional groups attached to an aromatic ring is 1. The van der Waals surface area contributed by atoms with E-state index in [0.717, 1.165) is 67.8 Å². The third-order valence-corrected chi connectivity index (χ3v) is 9.05. The van der Waals surface area contributed by atoms with Crippen LogP contribution >= 0.6 is 0 Å². The minimum Gasteiger partial charge on any atom is -0.398 e. The molecular weight excluding hydrogens is 538 g/mol. The highest BCUT2D eigenvalue weighted by Crippen LogP contribution is 2.37. The number of nitrogens with zero attached hydrogens (tertiary/aromatic N) is 2. The van der Waals surface area contributed by atoms with Crippen molar-refractivity contribution in [3.8, 4) is 11.1 Å². The van der Waals surface area contributed by atoms with Crippen LogP contribution in [0.2, 0.25) is 0 Å². The zero-order valence-electron chi connectivity index (χ0n) is 27.8. The Morgan fingerprint density at radius 3 is 2.18 bits per heavy atom. The number of piperidine rings is 1. The van der Waals surface area contributed by atoms with E-state index in [1.165, 1.54) is 59.5 Å². The summed E-state index contributed by atoms with van der Waals surface area (Å²) in [5.41, 5.74) is 18.1. The molecule has 2 N–H and O–H groups in total. The highest BCUT2D eigenvalue weighted by Gasteiger charge is 2.38. The molecule has 3 aromatic rings. The van der Waals surface area contributed by atoms with Crippen molar-refractivity contribution < 1.29 is 4.74 Å². The lowest BCUT2D eigenvalue weighted by Crippen LogP contribution is -2.44. The molecule has 2 heterocycles. The van der Waals surface area contributed by atoms with Gasteiger partial charge in [0.15, 0.2) is 0 Å². The molecule has 0 aliphatic carbocycles. The highest BCUT2D eigenvalue weighted by molar-refractivity contribution is 5.82. The summed E-state index contributed by atoms with van der Waals surface area (Å²) < 4.78 is 5.96. The van der Waals surface area contributed by atoms with Gasteiger partial charge in [-0.1, -0.05) is 92.6 Å². The second-order valence-corrected chi connectivity index (χ2v) is 12.6. The predicted molar refractivity (Wildman–Crippen MR) is 191 cm³/mol. The van der Waals surface area contributed by atoms with Crippen molar-refractivity contribution in [2.24, 2.45) is 4.99 Å². The van der Waals surface area contributed by atoms with Crippen molar-refractivity contribution in [1.29, 1.82) is 0 Å². The second-order valence-electron chi connectivity index (χ2n) is 12.6. The second kappa shape index (κ2) is 15.9. The number of anilines is 2. The molecule has 0 unspecified atom stereocenters. The molecule has 0 radical (unpaired) electrons. The lowest BCUT2D eigenvalue weighted by Gasteiger charge is -2.39. The minimum absolute atomic E-state index is 0.237. The molecule has 4 nitrogen and oxygen atoms in total. The fourth-order valence-corrected chi connectivity index (χ4v) is 6.16. The van der Waals surface area contributed by atoms with Crippen molar-refractivity contribution in [2.45, 2.75) is 91.6 Å². The normalized spacial score (nSPS) is 16.8. The molecule has 2 aliphatic rings. The van der Waals surface area contributed by atoms with Gasteiger partial charge in [-0.15, -0.1) is 0 Å². The van der Waals surface area contributed by atoms with Crippen molar-refractivity contribution >= 4 is 17.1 Å². The molecule has 5 rings (SSSR count). The van der Waals surface area contributed by atoms with Gasteiger partial charge in [-0.2, -0.15) is 0 Å². The fraction of sp³-hybridized carbons (Fsp3) is 0.425. The van der Waals surface area contributed by atoms with E-state index in [1.54, 1.807) is 0 Å². The van der Waals surface area contributed by atoms with Crippen LogP contribution in [0.4, 0.5) is 11.4 Å². The van der Waals surface area contributed by atoms with Crippen LogP contribution in [0.3, 0.4) is 0 Å². The van der Waals surface area contributed by atoms with Crippen LogP contribution in [0.15, 0.2) is 101 Å². The van der Waals surface area contributed by atoms with Crippen LogP contribution in [-0.4, -0.2) is 31.0 Å². The van der Waals surface area contributed by atoms with E-state index < -0.39 is 0 Å². The van der Waals surface area contributed by atoms with Crippen molar-refractivity contribution in [3.63, 3.8) is 0 Å². The van der Waals surface area contributed by atoms with Gasteiger partial charge in [0.1, 0.15) is 0 Å². The smallest absolute Gasteiger partial charge is 0.0717 e. The van der Waals surface area contributed by atoms with E-state index in [-0.39, 0.29) is 5.60 Å². The molecule has 0 saturated carbocycles. The first-order chi connectivity index (χ1) is 21.2. The van der Waals surface area contributed by atoms with Crippen molar-refractivity contribution in [1.82, 2.24) is 0 Å². The summed E-state index contributed by atoms with van der Waals surface area (Å²) in [5, 5.41) is 0. The van der Waals surface area contributed by atoms with Crippen LogP contribution < -0.4 is 10.6 Å². The predicted octanol–water partition coefficient (Wildman–Crippen LogP) is 10.1. The van der Waals surface area contributed by atoms with Gasteiger partial charge in [-0.3, -0.25) is 4.99 Å². The molecule has 1 spiro atoms. The van der Waals surface area contributed by atoms with Crippen LogP contribution in [0, 0.1) is 6.92 Å². The van der Waals surface area contributed by atoms with Crippen LogP contribution in [-0.2, 0) is 11.2 Å². The molecule has 4 heteroatoms. The third kappa shape index (κ3) is 8.95. The van der Waals surface area contributed by atoms with Gasteiger partial charge >= 0.3 is 0 Å². The number of allylic oxidation sites excluding steroid dienone is 3. The standard InChI is InChI=1S/C25H32N2.C15H21NO/c1-6-10-25(27-19(5)7-2)23(18(3)4)17-20-13-15-21(16-14-20)22-11-8-9-12-24(22)26;1-13-3-5-14(6-4-13)16-10-8-15(9-11-16)7-2-12-17-15/h8-9,11-16H,3,6-7,10,17,26H2,1-2,4-5H3;3-6H,2,7-12H2,1H3/b25-23-,27-19?;. The highest BCUT2D eigenvalue weighted by atomic mass is 16.5. The van der Waals surface area contributed by atoms with Gasteiger partial charge in [-0.25, -0.2) is 0 Å². The Labute approximate surface area is 266 Å². The summed E-state index contributed by atoms with van der Waals surface area (Å²) in [6, 6.07) is 25.5. The summed E-state index contributed by atoms with van der Waals surface area (Å²) in [6.07, 6.45) is 8.82. The Morgan fingerprint density at radius 2 is 1.61 bits per heavy atom. The van der Waals surface area contributed by atoms with Crippen LogP contribution in [0.1, 0.15) is 83.8 Å². The molecule has 234 valence electrons. The Balaban J connectivity index is 0.000000221.